The number of carbonyl (C=O) groups excluding carboxylic acids is 1. The molecule has 0 aliphatic rings. The predicted molar refractivity (Wildman–Crippen MR) is 69.8 cm³/mol. The highest BCUT2D eigenvalue weighted by atomic mass is 79.9. The molecule has 7 heteroatoms. The van der Waals surface area contributed by atoms with E-state index >= 15 is 0 Å². The Hall–Kier alpha value is -2.46. The Morgan fingerprint density at radius 3 is 2.68 bits per heavy atom. The number of nitrogens with two attached hydrogens (primary N) is 1. The normalized spacial score (nSPS) is 11.1. The molecule has 0 aliphatic heterocycles. The molecular weight excluding hydrogens is 310 g/mol. The van der Waals surface area contributed by atoms with Crippen molar-refractivity contribution >= 4 is 22.0 Å². The van der Waals surface area contributed by atoms with E-state index in [9.17, 15) is 4.79 Å². The number of urea groups is 1. The van der Waals surface area contributed by atoms with Gasteiger partial charge in [-0.15, -0.1) is 4.57 Å². The molecule has 1 heterocycles. The smallest absolute Gasteiger partial charge is 0.335 e. The maximum atomic E-state index is 11.0. The number of benzene rings is 1. The first-order valence-electron chi connectivity index (χ1n) is 5.25. The van der Waals surface area contributed by atoms with Crippen molar-refractivity contribution in [3.63, 3.8) is 0 Å². The molecular formula is C12H9BrN5O+. The van der Waals surface area contributed by atoms with Crippen LogP contribution >= 0.6 is 15.9 Å². The largest absolute Gasteiger partial charge is 0.423 e. The SMILES string of the molecule is N#Cn1cc(Br)c[n+](-c2ccccc2)c1=NC(N)=O. The van der Waals surface area contributed by atoms with Crippen LogP contribution in [0.5, 0.6) is 0 Å². The number of carbonyl (C=O) groups is 1. The van der Waals surface area contributed by atoms with Crippen LogP contribution in [0.2, 0.25) is 0 Å². The molecule has 0 unspecified atom stereocenters. The third kappa shape index (κ3) is 2.86. The van der Waals surface area contributed by atoms with Gasteiger partial charge in [0.15, 0.2) is 0 Å². The zero-order valence-electron chi connectivity index (χ0n) is 9.69. The monoisotopic (exact) mass is 318 g/mol. The molecule has 1 aromatic carbocycles. The number of nitrogens with zero attached hydrogens (tertiary/aromatic N) is 4. The van der Waals surface area contributed by atoms with E-state index in [4.69, 9.17) is 11.0 Å². The van der Waals surface area contributed by atoms with Crippen molar-refractivity contribution in [3.05, 3.63) is 52.8 Å². The molecule has 0 aliphatic carbocycles. The van der Waals surface area contributed by atoms with Crippen molar-refractivity contribution in [2.75, 3.05) is 0 Å². The number of halogens is 1. The fourth-order valence-corrected chi connectivity index (χ4v) is 1.98. The average Bonchev–Trinajstić information content (AvgIpc) is 2.40. The predicted octanol–water partition coefficient (Wildman–Crippen LogP) is 0.836. The lowest BCUT2D eigenvalue weighted by atomic mass is 10.3. The van der Waals surface area contributed by atoms with Crippen molar-refractivity contribution in [1.29, 1.82) is 5.26 Å². The summed E-state index contributed by atoms with van der Waals surface area (Å²) >= 11 is 3.30. The maximum Gasteiger partial charge on any atom is 0.423 e. The van der Waals surface area contributed by atoms with Crippen molar-refractivity contribution in [3.8, 4) is 11.9 Å². The fraction of sp³-hybridized carbons (Fsp3) is 0. The Morgan fingerprint density at radius 1 is 1.42 bits per heavy atom. The van der Waals surface area contributed by atoms with Crippen LogP contribution in [0.4, 0.5) is 4.79 Å². The average molecular weight is 319 g/mol. The summed E-state index contributed by atoms with van der Waals surface area (Å²) in [5.74, 6) is 0. The van der Waals surface area contributed by atoms with E-state index in [0.717, 1.165) is 10.3 Å². The minimum absolute atomic E-state index is 0.129. The minimum atomic E-state index is -0.865. The van der Waals surface area contributed by atoms with E-state index in [2.05, 4.69) is 20.9 Å². The Kier molecular flexibility index (Phi) is 3.73. The highest BCUT2D eigenvalue weighted by molar-refractivity contribution is 9.10. The number of primary amides is 1. The number of aromatic nitrogens is 2. The molecule has 0 spiro atoms. The van der Waals surface area contributed by atoms with Crippen molar-refractivity contribution < 1.29 is 9.36 Å². The second-order valence-corrected chi connectivity index (χ2v) is 4.48. The Balaban J connectivity index is 2.84. The summed E-state index contributed by atoms with van der Waals surface area (Å²) in [4.78, 5) is 14.7. The third-order valence-corrected chi connectivity index (χ3v) is 2.70. The van der Waals surface area contributed by atoms with Crippen LogP contribution in [-0.2, 0) is 0 Å². The van der Waals surface area contributed by atoms with Gasteiger partial charge in [0.1, 0.15) is 5.69 Å². The second kappa shape index (κ2) is 5.46. The second-order valence-electron chi connectivity index (χ2n) is 3.57. The first kappa shape index (κ1) is 13.0. The van der Waals surface area contributed by atoms with Crippen LogP contribution in [0, 0.1) is 11.5 Å². The van der Waals surface area contributed by atoms with Gasteiger partial charge in [0.2, 0.25) is 0 Å². The number of hydrogen-bond acceptors (Lipinski definition) is 2. The lowest BCUT2D eigenvalue weighted by molar-refractivity contribution is -0.619. The summed E-state index contributed by atoms with van der Waals surface area (Å²) in [6.45, 7) is 0. The summed E-state index contributed by atoms with van der Waals surface area (Å²) in [7, 11) is 0. The number of amides is 2. The number of para-hydroxylation sites is 1. The molecule has 6 nitrogen and oxygen atoms in total. The molecule has 0 fully saturated rings. The van der Waals surface area contributed by atoms with Crippen LogP contribution in [0.25, 0.3) is 5.69 Å². The standard InChI is InChI=1S/C12H8BrN5O/c13-9-6-17(8-14)12(16-11(15)19)18(7-9)10-4-2-1-3-5-10/h1-7H,(H-,15,19)/p+1. The number of nitriles is 1. The Bertz CT molecular complexity index is 730. The summed E-state index contributed by atoms with van der Waals surface area (Å²) in [5, 5.41) is 9.09. The van der Waals surface area contributed by atoms with Crippen LogP contribution in [-0.4, -0.2) is 10.6 Å². The first-order chi connectivity index (χ1) is 9.11. The van der Waals surface area contributed by atoms with Crippen LogP contribution in [0.15, 0.2) is 52.2 Å². The van der Waals surface area contributed by atoms with Gasteiger partial charge in [-0.25, -0.2) is 4.79 Å². The molecule has 0 atom stereocenters. The minimum Gasteiger partial charge on any atom is -0.335 e. The third-order valence-electron chi connectivity index (χ3n) is 2.29. The molecule has 2 aromatic rings. The lowest BCUT2D eigenvalue weighted by Crippen LogP contribution is -2.53. The van der Waals surface area contributed by atoms with Crippen molar-refractivity contribution in [2.24, 2.45) is 10.7 Å². The van der Waals surface area contributed by atoms with Crippen molar-refractivity contribution in [2.45, 2.75) is 0 Å². The van der Waals surface area contributed by atoms with E-state index in [1.807, 2.05) is 36.5 Å². The zero-order valence-corrected chi connectivity index (χ0v) is 11.3. The van der Waals surface area contributed by atoms with Gasteiger partial charge in [-0.2, -0.15) is 9.83 Å². The van der Waals surface area contributed by atoms with Gasteiger partial charge in [0.25, 0.3) is 6.19 Å². The molecule has 94 valence electrons. The number of rotatable bonds is 1. The Labute approximate surface area is 117 Å². The van der Waals surface area contributed by atoms with Gasteiger partial charge < -0.3 is 5.73 Å². The van der Waals surface area contributed by atoms with E-state index in [1.165, 1.54) is 6.20 Å². The quantitative estimate of drug-likeness (QED) is 0.789. The first-order valence-corrected chi connectivity index (χ1v) is 6.04. The lowest BCUT2D eigenvalue weighted by Gasteiger charge is -2.02. The van der Waals surface area contributed by atoms with Gasteiger partial charge in [0, 0.05) is 0 Å². The highest BCUT2D eigenvalue weighted by Crippen LogP contribution is 2.04. The van der Waals surface area contributed by atoms with Gasteiger partial charge >= 0.3 is 11.6 Å². The molecule has 0 radical (unpaired) electrons. The molecule has 0 saturated heterocycles. The van der Waals surface area contributed by atoms with E-state index in [1.54, 1.807) is 10.8 Å². The molecule has 19 heavy (non-hydrogen) atoms. The van der Waals surface area contributed by atoms with Crippen molar-refractivity contribution in [1.82, 2.24) is 4.57 Å². The topological polar surface area (TPSA) is 88.1 Å². The van der Waals surface area contributed by atoms with E-state index in [-0.39, 0.29) is 5.62 Å². The molecule has 0 bridgehead atoms. The fourth-order valence-electron chi connectivity index (χ4n) is 1.57. The van der Waals surface area contributed by atoms with E-state index < -0.39 is 6.03 Å². The molecule has 0 saturated carbocycles. The molecule has 1 aromatic heterocycles. The molecule has 2 N–H and O–H groups in total. The van der Waals surface area contributed by atoms with E-state index in [0.29, 0.717) is 4.47 Å². The van der Waals surface area contributed by atoms with Crippen LogP contribution < -0.4 is 15.9 Å². The Morgan fingerprint density at radius 2 is 2.11 bits per heavy atom. The maximum absolute atomic E-state index is 11.0. The summed E-state index contributed by atoms with van der Waals surface area (Å²) in [6.07, 6.45) is 5.12. The summed E-state index contributed by atoms with van der Waals surface area (Å²) < 4.78 is 3.42. The number of hydrogen-bond donors (Lipinski definition) is 1. The van der Waals surface area contributed by atoms with Crippen LogP contribution in [0.1, 0.15) is 0 Å². The van der Waals surface area contributed by atoms with Gasteiger partial charge in [-0.05, 0) is 33.1 Å². The highest BCUT2D eigenvalue weighted by Gasteiger charge is 2.14. The van der Waals surface area contributed by atoms with Crippen LogP contribution in [0.3, 0.4) is 0 Å². The molecule has 2 amide bonds. The summed E-state index contributed by atoms with van der Waals surface area (Å²) in [6, 6.07) is 8.34. The zero-order chi connectivity index (χ0) is 13.8. The van der Waals surface area contributed by atoms with Gasteiger partial charge in [-0.3, -0.25) is 0 Å². The molecule has 2 rings (SSSR count). The van der Waals surface area contributed by atoms with Gasteiger partial charge in [-0.1, -0.05) is 18.2 Å². The summed E-state index contributed by atoms with van der Waals surface area (Å²) in [5.41, 5.74) is 5.97. The van der Waals surface area contributed by atoms with Gasteiger partial charge in [0.05, 0.1) is 16.9 Å².